The molecule has 0 radical (unpaired) electrons. The molecule has 2 aromatic carbocycles. The van der Waals surface area contributed by atoms with Gasteiger partial charge in [0.25, 0.3) is 0 Å². The Morgan fingerprint density at radius 1 is 0.957 bits per heavy atom. The van der Waals surface area contributed by atoms with Crippen molar-refractivity contribution in [2.24, 2.45) is 0 Å². The first kappa shape index (κ1) is 17.5. The van der Waals surface area contributed by atoms with Crippen molar-refractivity contribution in [1.29, 1.82) is 0 Å². The molecule has 2 aromatic rings. The van der Waals surface area contributed by atoms with E-state index in [0.717, 1.165) is 41.0 Å². The summed E-state index contributed by atoms with van der Waals surface area (Å²) in [6.45, 7) is 5.41. The third-order valence-electron chi connectivity index (χ3n) is 3.58. The minimum absolute atomic E-state index is 0.132. The molecule has 0 aliphatic carbocycles. The standard InChI is InChI=1S/C17H16F3O2P/c1-10-8-11(2)15(12(3)9-10)16(21)23(22)14-6-4-13(5-7-14)17(18,19)20/h4-9,23H,1-3H3. The van der Waals surface area contributed by atoms with Crippen LogP contribution in [-0.4, -0.2) is 5.52 Å². The first-order valence-electron chi connectivity index (χ1n) is 6.95. The van der Waals surface area contributed by atoms with Gasteiger partial charge in [0, 0.05) is 10.9 Å². The average molecular weight is 340 g/mol. The van der Waals surface area contributed by atoms with Gasteiger partial charge in [-0.3, -0.25) is 4.79 Å². The van der Waals surface area contributed by atoms with Gasteiger partial charge < -0.3 is 4.57 Å². The molecule has 0 aliphatic rings. The molecule has 0 heterocycles. The van der Waals surface area contributed by atoms with Crippen molar-refractivity contribution in [2.45, 2.75) is 26.9 Å². The molecule has 0 saturated heterocycles. The zero-order valence-corrected chi connectivity index (χ0v) is 13.9. The summed E-state index contributed by atoms with van der Waals surface area (Å²) < 4.78 is 50.1. The van der Waals surface area contributed by atoms with Crippen LogP contribution in [0.4, 0.5) is 13.2 Å². The molecule has 0 bridgehead atoms. The lowest BCUT2D eigenvalue weighted by atomic mass is 10.0. The Labute approximate surface area is 133 Å². The smallest absolute Gasteiger partial charge is 0.313 e. The van der Waals surface area contributed by atoms with Gasteiger partial charge in [0.15, 0.2) is 7.80 Å². The molecule has 1 atom stereocenters. The van der Waals surface area contributed by atoms with E-state index in [2.05, 4.69) is 0 Å². The van der Waals surface area contributed by atoms with Crippen LogP contribution in [0.1, 0.15) is 32.6 Å². The van der Waals surface area contributed by atoms with Gasteiger partial charge in [0.05, 0.1) is 5.56 Å². The van der Waals surface area contributed by atoms with E-state index < -0.39 is 25.1 Å². The maximum Gasteiger partial charge on any atom is 0.416 e. The van der Waals surface area contributed by atoms with Gasteiger partial charge in [-0.05, 0) is 44.0 Å². The van der Waals surface area contributed by atoms with E-state index >= 15 is 0 Å². The van der Waals surface area contributed by atoms with Crippen LogP contribution in [0.25, 0.3) is 0 Å². The van der Waals surface area contributed by atoms with Crippen molar-refractivity contribution in [3.05, 3.63) is 64.2 Å². The third-order valence-corrected chi connectivity index (χ3v) is 5.10. The van der Waals surface area contributed by atoms with E-state index in [4.69, 9.17) is 0 Å². The van der Waals surface area contributed by atoms with Crippen LogP contribution in [0, 0.1) is 20.8 Å². The van der Waals surface area contributed by atoms with Crippen LogP contribution in [0.15, 0.2) is 36.4 Å². The highest BCUT2D eigenvalue weighted by atomic mass is 31.1. The predicted molar refractivity (Wildman–Crippen MR) is 85.1 cm³/mol. The molecule has 1 unspecified atom stereocenters. The fourth-order valence-corrected chi connectivity index (χ4v) is 3.95. The normalized spacial score (nSPS) is 13.0. The molecule has 0 N–H and O–H groups in total. The number of hydrogen-bond acceptors (Lipinski definition) is 2. The summed E-state index contributed by atoms with van der Waals surface area (Å²) in [5.41, 5.74) is 1.47. The van der Waals surface area contributed by atoms with Gasteiger partial charge in [-0.2, -0.15) is 13.2 Å². The van der Waals surface area contributed by atoms with Crippen LogP contribution in [0.2, 0.25) is 0 Å². The van der Waals surface area contributed by atoms with Gasteiger partial charge in [0.2, 0.25) is 5.52 Å². The molecule has 2 nitrogen and oxygen atoms in total. The summed E-state index contributed by atoms with van der Waals surface area (Å²) in [7, 11) is -2.87. The number of halogens is 3. The van der Waals surface area contributed by atoms with Crippen molar-refractivity contribution in [1.82, 2.24) is 0 Å². The second kappa shape index (κ2) is 6.32. The van der Waals surface area contributed by atoms with Crippen molar-refractivity contribution >= 4 is 18.6 Å². The Kier molecular flexibility index (Phi) is 4.81. The quantitative estimate of drug-likeness (QED) is 0.762. The monoisotopic (exact) mass is 340 g/mol. The zero-order chi connectivity index (χ0) is 17.4. The molecule has 6 heteroatoms. The zero-order valence-electron chi connectivity index (χ0n) is 12.9. The van der Waals surface area contributed by atoms with Crippen molar-refractivity contribution in [2.75, 3.05) is 0 Å². The molecule has 0 aliphatic heterocycles. The lowest BCUT2D eigenvalue weighted by Gasteiger charge is -2.11. The third kappa shape index (κ3) is 3.73. The molecule has 0 spiro atoms. The highest BCUT2D eigenvalue weighted by Gasteiger charge is 2.30. The fourth-order valence-electron chi connectivity index (χ4n) is 2.59. The van der Waals surface area contributed by atoms with Crippen molar-refractivity contribution < 1.29 is 22.5 Å². The minimum atomic E-state index is -4.46. The molecule has 0 saturated carbocycles. The van der Waals surface area contributed by atoms with Gasteiger partial charge in [-0.15, -0.1) is 0 Å². The summed E-state index contributed by atoms with van der Waals surface area (Å²) in [5.74, 6) is 0. The van der Waals surface area contributed by atoms with Gasteiger partial charge >= 0.3 is 6.18 Å². The van der Waals surface area contributed by atoms with E-state index in [9.17, 15) is 22.5 Å². The minimum Gasteiger partial charge on any atom is -0.313 e. The number of benzene rings is 2. The van der Waals surface area contributed by atoms with Gasteiger partial charge in [-0.1, -0.05) is 29.8 Å². The molecular formula is C17H16F3O2P. The number of aryl methyl sites for hydroxylation is 3. The van der Waals surface area contributed by atoms with E-state index in [0.29, 0.717) is 5.56 Å². The van der Waals surface area contributed by atoms with Crippen LogP contribution in [0.3, 0.4) is 0 Å². The molecule has 23 heavy (non-hydrogen) atoms. The number of carbonyl (C=O) groups excluding carboxylic acids is 1. The predicted octanol–water partition coefficient (Wildman–Crippen LogP) is 4.66. The summed E-state index contributed by atoms with van der Waals surface area (Å²) in [5, 5.41) is 0.132. The number of rotatable bonds is 3. The average Bonchev–Trinajstić information content (AvgIpc) is 2.44. The lowest BCUT2D eigenvalue weighted by molar-refractivity contribution is -0.137. The summed E-state index contributed by atoms with van der Waals surface area (Å²) >= 11 is 0. The van der Waals surface area contributed by atoms with Crippen molar-refractivity contribution in [3.63, 3.8) is 0 Å². The van der Waals surface area contributed by atoms with E-state index in [-0.39, 0.29) is 5.30 Å². The number of alkyl halides is 3. The van der Waals surface area contributed by atoms with Crippen LogP contribution < -0.4 is 5.30 Å². The van der Waals surface area contributed by atoms with Crippen LogP contribution >= 0.6 is 7.80 Å². The Balaban J connectivity index is 2.36. The molecule has 0 amide bonds. The van der Waals surface area contributed by atoms with E-state index in [1.165, 1.54) is 0 Å². The summed E-state index contributed by atoms with van der Waals surface area (Å²) in [6, 6.07) is 7.56. The first-order valence-corrected chi connectivity index (χ1v) is 8.36. The van der Waals surface area contributed by atoms with Gasteiger partial charge in [0.1, 0.15) is 0 Å². The first-order chi connectivity index (χ1) is 10.6. The molecule has 0 aromatic heterocycles. The van der Waals surface area contributed by atoms with Crippen molar-refractivity contribution in [3.8, 4) is 0 Å². The number of hydrogen-bond donors (Lipinski definition) is 0. The number of carbonyl (C=O) groups is 1. The van der Waals surface area contributed by atoms with E-state index in [1.807, 2.05) is 19.1 Å². The summed E-state index contributed by atoms with van der Waals surface area (Å²) in [4.78, 5) is 12.5. The largest absolute Gasteiger partial charge is 0.416 e. The Bertz CT molecular complexity index is 754. The van der Waals surface area contributed by atoms with Gasteiger partial charge in [-0.25, -0.2) is 0 Å². The summed E-state index contributed by atoms with van der Waals surface area (Å²) in [6.07, 6.45) is -4.46. The Hall–Kier alpha value is -1.87. The maximum atomic E-state index is 12.6. The molecular weight excluding hydrogens is 324 g/mol. The van der Waals surface area contributed by atoms with E-state index in [1.54, 1.807) is 13.8 Å². The molecule has 0 fully saturated rings. The SMILES string of the molecule is Cc1cc(C)c(C(=O)[PH](=O)c2ccc(C(F)(F)F)cc2)c(C)c1. The fraction of sp³-hybridized carbons (Fsp3) is 0.235. The highest BCUT2D eigenvalue weighted by molar-refractivity contribution is 7.71. The molecule has 2 rings (SSSR count). The Morgan fingerprint density at radius 2 is 1.43 bits per heavy atom. The van der Waals surface area contributed by atoms with Crippen LogP contribution in [0.5, 0.6) is 0 Å². The molecule has 122 valence electrons. The Morgan fingerprint density at radius 3 is 1.87 bits per heavy atom. The maximum absolute atomic E-state index is 12.6. The second-order valence-electron chi connectivity index (χ2n) is 5.51. The lowest BCUT2D eigenvalue weighted by Crippen LogP contribution is -2.10. The second-order valence-corrected chi connectivity index (χ2v) is 7.20. The topological polar surface area (TPSA) is 34.1 Å². The van der Waals surface area contributed by atoms with Crippen LogP contribution in [-0.2, 0) is 10.7 Å². The highest BCUT2D eigenvalue weighted by Crippen LogP contribution is 2.33.